The Bertz CT molecular complexity index is 970. The van der Waals surface area contributed by atoms with Gasteiger partial charge in [0, 0.05) is 23.6 Å². The van der Waals surface area contributed by atoms with Crippen molar-refractivity contribution in [1.82, 2.24) is 9.88 Å². The van der Waals surface area contributed by atoms with Gasteiger partial charge >= 0.3 is 0 Å². The normalized spacial score (nSPS) is 11.2. The van der Waals surface area contributed by atoms with Crippen LogP contribution in [0, 0.1) is 6.92 Å². The van der Waals surface area contributed by atoms with Crippen molar-refractivity contribution >= 4 is 44.4 Å². The lowest BCUT2D eigenvalue weighted by Crippen LogP contribution is -2.33. The first-order chi connectivity index (χ1) is 14.5. The number of aromatic nitrogens is 1. The number of hydrogen-bond donors (Lipinski definition) is 0. The number of thioether (sulfide) groups is 1. The van der Waals surface area contributed by atoms with Gasteiger partial charge in [0.1, 0.15) is 11.3 Å². The summed E-state index contributed by atoms with van der Waals surface area (Å²) in [5, 5.41) is 0.749. The number of amides is 1. The van der Waals surface area contributed by atoms with E-state index in [0.29, 0.717) is 13.0 Å². The van der Waals surface area contributed by atoms with Crippen molar-refractivity contribution in [3.63, 3.8) is 0 Å². The van der Waals surface area contributed by atoms with Crippen LogP contribution in [0.2, 0.25) is 0 Å². The number of rotatable bonds is 10. The van der Waals surface area contributed by atoms with Gasteiger partial charge in [-0.1, -0.05) is 35.1 Å². The SMILES string of the molecule is COc1cccc2sc(N(CCCN(C)C)C(=O)CCSc3ccc(C)cc3)nc12. The van der Waals surface area contributed by atoms with E-state index in [-0.39, 0.29) is 5.91 Å². The highest BCUT2D eigenvalue weighted by Gasteiger charge is 2.20. The summed E-state index contributed by atoms with van der Waals surface area (Å²) in [5.41, 5.74) is 2.06. The predicted octanol–water partition coefficient (Wildman–Crippen LogP) is 5.08. The molecule has 0 radical (unpaired) electrons. The summed E-state index contributed by atoms with van der Waals surface area (Å²) in [7, 11) is 5.75. The van der Waals surface area contributed by atoms with Crippen molar-refractivity contribution in [2.45, 2.75) is 24.7 Å². The maximum absolute atomic E-state index is 13.1. The fraction of sp³-hybridized carbons (Fsp3) is 0.391. The first kappa shape index (κ1) is 22.6. The van der Waals surface area contributed by atoms with Crippen LogP contribution in [-0.4, -0.2) is 55.8 Å². The number of nitrogens with zero attached hydrogens (tertiary/aromatic N) is 3. The minimum atomic E-state index is 0.117. The second-order valence-electron chi connectivity index (χ2n) is 7.42. The molecule has 30 heavy (non-hydrogen) atoms. The van der Waals surface area contributed by atoms with E-state index < -0.39 is 0 Å². The molecule has 7 heteroatoms. The fourth-order valence-electron chi connectivity index (χ4n) is 3.09. The van der Waals surface area contributed by atoms with Gasteiger partial charge in [-0.25, -0.2) is 4.98 Å². The molecule has 0 aliphatic heterocycles. The molecule has 160 valence electrons. The molecule has 0 fully saturated rings. The minimum Gasteiger partial charge on any atom is -0.494 e. The Hall–Kier alpha value is -2.09. The molecule has 1 heterocycles. The van der Waals surface area contributed by atoms with Gasteiger partial charge in [-0.05, 0) is 58.3 Å². The molecule has 0 aliphatic rings. The summed E-state index contributed by atoms with van der Waals surface area (Å²) in [5.74, 6) is 1.61. The zero-order chi connectivity index (χ0) is 21.5. The van der Waals surface area contributed by atoms with Gasteiger partial charge in [0.05, 0.1) is 11.8 Å². The van der Waals surface area contributed by atoms with Crippen LogP contribution in [0.15, 0.2) is 47.4 Å². The molecule has 0 aliphatic carbocycles. The summed E-state index contributed by atoms with van der Waals surface area (Å²) < 4.78 is 6.48. The molecule has 3 rings (SSSR count). The fourth-order valence-corrected chi connectivity index (χ4v) is 4.96. The van der Waals surface area contributed by atoms with E-state index in [1.54, 1.807) is 30.2 Å². The molecule has 2 aromatic carbocycles. The largest absolute Gasteiger partial charge is 0.494 e. The summed E-state index contributed by atoms with van der Waals surface area (Å²) >= 11 is 3.26. The van der Waals surface area contributed by atoms with E-state index in [0.717, 1.165) is 39.8 Å². The van der Waals surface area contributed by atoms with Crippen LogP contribution >= 0.6 is 23.1 Å². The van der Waals surface area contributed by atoms with E-state index in [9.17, 15) is 4.79 Å². The Morgan fingerprint density at radius 1 is 1.13 bits per heavy atom. The van der Waals surface area contributed by atoms with Crippen LogP contribution in [-0.2, 0) is 4.79 Å². The Labute approximate surface area is 187 Å². The molecule has 0 bridgehead atoms. The average molecular weight is 444 g/mol. The van der Waals surface area contributed by atoms with Crippen LogP contribution < -0.4 is 9.64 Å². The molecule has 3 aromatic rings. The Balaban J connectivity index is 1.72. The van der Waals surface area contributed by atoms with Crippen LogP contribution in [0.3, 0.4) is 0 Å². The summed E-state index contributed by atoms with van der Waals surface area (Å²) in [6.07, 6.45) is 1.38. The minimum absolute atomic E-state index is 0.117. The standard InChI is InChI=1S/C23H29N3O2S2/c1-17-9-11-18(12-10-17)29-16-13-21(27)26(15-6-14-25(2)3)23-24-22-19(28-4)7-5-8-20(22)30-23/h5,7-12H,6,13-16H2,1-4H3. The number of methoxy groups -OCH3 is 1. The number of para-hydroxylation sites is 1. The van der Waals surface area contributed by atoms with Gasteiger partial charge in [0.25, 0.3) is 0 Å². The number of ether oxygens (including phenoxy) is 1. The number of carbonyl (C=O) groups is 1. The average Bonchev–Trinajstić information content (AvgIpc) is 3.16. The number of benzene rings is 2. The molecule has 0 saturated carbocycles. The maximum Gasteiger partial charge on any atom is 0.229 e. The van der Waals surface area contributed by atoms with E-state index in [2.05, 4.69) is 36.1 Å². The lowest BCUT2D eigenvalue weighted by atomic mass is 10.2. The third-order valence-electron chi connectivity index (χ3n) is 4.72. The number of anilines is 1. The highest BCUT2D eigenvalue weighted by atomic mass is 32.2. The summed E-state index contributed by atoms with van der Waals surface area (Å²) in [4.78, 5) is 23.1. The number of aryl methyl sites for hydroxylation is 1. The third-order valence-corrected chi connectivity index (χ3v) is 6.77. The molecular formula is C23H29N3O2S2. The smallest absolute Gasteiger partial charge is 0.229 e. The van der Waals surface area contributed by atoms with E-state index in [1.807, 2.05) is 37.2 Å². The Morgan fingerprint density at radius 3 is 2.60 bits per heavy atom. The van der Waals surface area contributed by atoms with Crippen molar-refractivity contribution < 1.29 is 9.53 Å². The number of hydrogen-bond acceptors (Lipinski definition) is 6. The van der Waals surface area contributed by atoms with Gasteiger partial charge < -0.3 is 9.64 Å². The van der Waals surface area contributed by atoms with Crippen molar-refractivity contribution in [2.24, 2.45) is 0 Å². The van der Waals surface area contributed by atoms with Crippen molar-refractivity contribution in [2.75, 3.05) is 44.9 Å². The first-order valence-corrected chi connectivity index (χ1v) is 11.9. The van der Waals surface area contributed by atoms with Gasteiger partial charge in [-0.2, -0.15) is 0 Å². The van der Waals surface area contributed by atoms with Crippen molar-refractivity contribution in [1.29, 1.82) is 0 Å². The first-order valence-electron chi connectivity index (χ1n) is 10.1. The Kier molecular flexibility index (Phi) is 8.13. The molecule has 5 nitrogen and oxygen atoms in total. The van der Waals surface area contributed by atoms with Crippen LogP contribution in [0.1, 0.15) is 18.4 Å². The zero-order valence-corrected chi connectivity index (χ0v) is 19.7. The molecule has 0 N–H and O–H groups in total. The highest BCUT2D eigenvalue weighted by Crippen LogP contribution is 2.34. The Morgan fingerprint density at radius 2 is 1.90 bits per heavy atom. The summed E-state index contributed by atoms with van der Waals surface area (Å²) in [6.45, 7) is 3.67. The van der Waals surface area contributed by atoms with E-state index >= 15 is 0 Å². The second kappa shape index (κ2) is 10.8. The van der Waals surface area contributed by atoms with Crippen LogP contribution in [0.25, 0.3) is 10.2 Å². The molecule has 1 aromatic heterocycles. The van der Waals surface area contributed by atoms with Gasteiger partial charge in [-0.15, -0.1) is 11.8 Å². The van der Waals surface area contributed by atoms with Crippen molar-refractivity contribution in [3.05, 3.63) is 48.0 Å². The third kappa shape index (κ3) is 5.97. The topological polar surface area (TPSA) is 45.7 Å². The maximum atomic E-state index is 13.1. The van der Waals surface area contributed by atoms with Gasteiger partial charge in [-0.3, -0.25) is 9.69 Å². The molecule has 0 saturated heterocycles. The molecule has 0 atom stereocenters. The lowest BCUT2D eigenvalue weighted by Gasteiger charge is -2.21. The molecule has 0 spiro atoms. The van der Waals surface area contributed by atoms with Gasteiger partial charge in [0.2, 0.25) is 5.91 Å². The van der Waals surface area contributed by atoms with Crippen LogP contribution in [0.4, 0.5) is 5.13 Å². The molecule has 1 amide bonds. The molecule has 0 unspecified atom stereocenters. The summed E-state index contributed by atoms with van der Waals surface area (Å²) in [6, 6.07) is 14.3. The zero-order valence-electron chi connectivity index (χ0n) is 18.1. The quantitative estimate of drug-likeness (QED) is 0.409. The monoisotopic (exact) mass is 443 g/mol. The highest BCUT2D eigenvalue weighted by molar-refractivity contribution is 7.99. The van der Waals surface area contributed by atoms with Crippen LogP contribution in [0.5, 0.6) is 5.75 Å². The predicted molar refractivity (Wildman–Crippen MR) is 128 cm³/mol. The molecular weight excluding hydrogens is 414 g/mol. The van der Waals surface area contributed by atoms with E-state index in [4.69, 9.17) is 9.72 Å². The number of fused-ring (bicyclic) bond motifs is 1. The second-order valence-corrected chi connectivity index (χ2v) is 9.59. The van der Waals surface area contributed by atoms with Gasteiger partial charge in [0.15, 0.2) is 5.13 Å². The number of carbonyl (C=O) groups excluding carboxylic acids is 1. The number of thiazole rings is 1. The van der Waals surface area contributed by atoms with Crippen molar-refractivity contribution in [3.8, 4) is 5.75 Å². The van der Waals surface area contributed by atoms with E-state index in [1.165, 1.54) is 10.5 Å². The lowest BCUT2D eigenvalue weighted by molar-refractivity contribution is -0.118.